The lowest BCUT2D eigenvalue weighted by molar-refractivity contribution is -0.113. The number of halogens is 2. The number of benzene rings is 1. The highest BCUT2D eigenvalue weighted by Gasteiger charge is 2.23. The van der Waals surface area contributed by atoms with E-state index in [0.717, 1.165) is 23.9 Å². The van der Waals surface area contributed by atoms with E-state index in [9.17, 15) is 9.18 Å². The quantitative estimate of drug-likeness (QED) is 0.583. The summed E-state index contributed by atoms with van der Waals surface area (Å²) in [5.74, 6) is 1.64. The molecule has 0 unspecified atom stereocenters. The van der Waals surface area contributed by atoms with Crippen LogP contribution in [0.15, 0.2) is 35.6 Å². The molecule has 5 nitrogen and oxygen atoms in total. The van der Waals surface area contributed by atoms with Crippen LogP contribution in [0.5, 0.6) is 0 Å². The van der Waals surface area contributed by atoms with E-state index in [-0.39, 0.29) is 16.7 Å². The standard InChI is InChI=1S/C19H22ClFN4OS/c1-12-5-13(2)9-25(8-12)17-7-19(23-11-22-17)27-10-18(26)24-14-3-4-16(21)15(20)6-14/h3-4,6-7,11-13H,5,8-10H2,1-2H3,(H,24,26)/t12-,13+. The monoisotopic (exact) mass is 408 g/mol. The number of thioether (sulfide) groups is 1. The van der Waals surface area contributed by atoms with Crippen LogP contribution in [0.3, 0.4) is 0 Å². The van der Waals surface area contributed by atoms with E-state index in [1.54, 1.807) is 6.33 Å². The molecule has 1 aliphatic heterocycles. The van der Waals surface area contributed by atoms with Gasteiger partial charge in [-0.05, 0) is 36.5 Å². The summed E-state index contributed by atoms with van der Waals surface area (Å²) in [5.41, 5.74) is 0.465. The molecule has 1 N–H and O–H groups in total. The smallest absolute Gasteiger partial charge is 0.234 e. The van der Waals surface area contributed by atoms with Crippen molar-refractivity contribution in [3.63, 3.8) is 0 Å². The number of carbonyl (C=O) groups excluding carboxylic acids is 1. The van der Waals surface area contributed by atoms with Crippen molar-refractivity contribution in [1.82, 2.24) is 9.97 Å². The van der Waals surface area contributed by atoms with Crippen LogP contribution in [0.2, 0.25) is 5.02 Å². The Balaban J connectivity index is 1.57. The largest absolute Gasteiger partial charge is 0.356 e. The van der Waals surface area contributed by atoms with Gasteiger partial charge in [-0.25, -0.2) is 14.4 Å². The summed E-state index contributed by atoms with van der Waals surface area (Å²) < 4.78 is 13.2. The molecule has 0 bridgehead atoms. The van der Waals surface area contributed by atoms with E-state index in [4.69, 9.17) is 11.6 Å². The maximum atomic E-state index is 13.2. The molecule has 2 atom stereocenters. The number of nitrogens with one attached hydrogen (secondary N) is 1. The first-order valence-electron chi connectivity index (χ1n) is 8.85. The van der Waals surface area contributed by atoms with Crippen LogP contribution in [0.4, 0.5) is 15.9 Å². The number of amides is 1. The normalized spacial score (nSPS) is 19.8. The van der Waals surface area contributed by atoms with Crippen molar-refractivity contribution in [2.75, 3.05) is 29.1 Å². The highest BCUT2D eigenvalue weighted by atomic mass is 35.5. The molecule has 1 amide bonds. The van der Waals surface area contributed by atoms with Gasteiger partial charge < -0.3 is 10.2 Å². The summed E-state index contributed by atoms with van der Waals surface area (Å²) in [6.45, 7) is 6.48. The summed E-state index contributed by atoms with van der Waals surface area (Å²) in [4.78, 5) is 23.1. The zero-order valence-electron chi connectivity index (χ0n) is 15.3. The minimum absolute atomic E-state index is 0.0223. The number of hydrogen-bond acceptors (Lipinski definition) is 5. The summed E-state index contributed by atoms with van der Waals surface area (Å²) in [6.07, 6.45) is 2.77. The first-order valence-corrected chi connectivity index (χ1v) is 10.2. The topological polar surface area (TPSA) is 58.1 Å². The van der Waals surface area contributed by atoms with Gasteiger partial charge >= 0.3 is 0 Å². The molecule has 1 fully saturated rings. The molecule has 0 spiro atoms. The van der Waals surface area contributed by atoms with Gasteiger partial charge in [-0.2, -0.15) is 0 Å². The van der Waals surface area contributed by atoms with Gasteiger partial charge in [0, 0.05) is 24.8 Å². The molecule has 0 radical (unpaired) electrons. The second-order valence-electron chi connectivity index (χ2n) is 7.03. The third-order valence-electron chi connectivity index (χ3n) is 4.37. The van der Waals surface area contributed by atoms with Gasteiger partial charge in [0.1, 0.15) is 23.0 Å². The minimum Gasteiger partial charge on any atom is -0.356 e. The molecule has 2 heterocycles. The Morgan fingerprint density at radius 3 is 2.74 bits per heavy atom. The van der Waals surface area contributed by atoms with Crippen molar-refractivity contribution in [3.05, 3.63) is 41.4 Å². The van der Waals surface area contributed by atoms with Crippen LogP contribution in [-0.4, -0.2) is 34.7 Å². The molecule has 27 heavy (non-hydrogen) atoms. The average Bonchev–Trinajstić information content (AvgIpc) is 2.62. The fourth-order valence-corrected chi connectivity index (χ4v) is 4.18. The number of anilines is 2. The Labute approximate surface area is 167 Å². The van der Waals surface area contributed by atoms with E-state index < -0.39 is 5.82 Å². The van der Waals surface area contributed by atoms with Crippen molar-refractivity contribution in [3.8, 4) is 0 Å². The number of aromatic nitrogens is 2. The van der Waals surface area contributed by atoms with Crippen LogP contribution >= 0.6 is 23.4 Å². The van der Waals surface area contributed by atoms with Crippen LogP contribution < -0.4 is 10.2 Å². The first kappa shape index (κ1) is 19.9. The predicted octanol–water partition coefficient (Wildman–Crippen LogP) is 4.48. The van der Waals surface area contributed by atoms with E-state index in [2.05, 4.69) is 34.0 Å². The highest BCUT2D eigenvalue weighted by Crippen LogP contribution is 2.27. The highest BCUT2D eigenvalue weighted by molar-refractivity contribution is 7.99. The predicted molar refractivity (Wildman–Crippen MR) is 108 cm³/mol. The van der Waals surface area contributed by atoms with Gasteiger partial charge in [-0.15, -0.1) is 0 Å². The average molecular weight is 409 g/mol. The lowest BCUT2D eigenvalue weighted by Crippen LogP contribution is -2.39. The molecule has 1 aliphatic rings. The molecular weight excluding hydrogens is 387 g/mol. The van der Waals surface area contributed by atoms with Gasteiger partial charge in [0.25, 0.3) is 0 Å². The maximum absolute atomic E-state index is 13.2. The molecular formula is C19H22ClFN4OS. The molecule has 1 aromatic carbocycles. The van der Waals surface area contributed by atoms with Gasteiger partial charge in [0.2, 0.25) is 5.91 Å². The molecule has 3 rings (SSSR count). The van der Waals surface area contributed by atoms with Crippen molar-refractivity contribution in [1.29, 1.82) is 0 Å². The Kier molecular flexibility index (Phi) is 6.55. The van der Waals surface area contributed by atoms with Crippen LogP contribution in [0, 0.1) is 17.7 Å². The molecule has 0 saturated carbocycles. The Hall–Kier alpha value is -1.86. The van der Waals surface area contributed by atoms with E-state index in [0.29, 0.717) is 17.5 Å². The van der Waals surface area contributed by atoms with Gasteiger partial charge in [0.15, 0.2) is 0 Å². The maximum Gasteiger partial charge on any atom is 0.234 e. The fraction of sp³-hybridized carbons (Fsp3) is 0.421. The van der Waals surface area contributed by atoms with Gasteiger partial charge in [-0.3, -0.25) is 4.79 Å². The zero-order chi connectivity index (χ0) is 19.4. The second-order valence-corrected chi connectivity index (χ2v) is 8.43. The van der Waals surface area contributed by atoms with E-state index >= 15 is 0 Å². The number of rotatable bonds is 5. The number of piperidine rings is 1. The molecule has 1 saturated heterocycles. The minimum atomic E-state index is -0.515. The second kappa shape index (κ2) is 8.89. The first-order chi connectivity index (χ1) is 12.9. The summed E-state index contributed by atoms with van der Waals surface area (Å²) in [5, 5.41) is 3.43. The zero-order valence-corrected chi connectivity index (χ0v) is 16.9. The number of nitrogens with zero attached hydrogens (tertiary/aromatic N) is 3. The third kappa shape index (κ3) is 5.56. The third-order valence-corrected chi connectivity index (χ3v) is 5.59. The number of carbonyl (C=O) groups is 1. The summed E-state index contributed by atoms with van der Waals surface area (Å²) in [7, 11) is 0. The Morgan fingerprint density at radius 2 is 2.04 bits per heavy atom. The summed E-state index contributed by atoms with van der Waals surface area (Å²) in [6, 6.07) is 6.02. The molecule has 0 aliphatic carbocycles. The Bertz CT molecular complexity index is 812. The van der Waals surface area contributed by atoms with Gasteiger partial charge in [0.05, 0.1) is 10.8 Å². The van der Waals surface area contributed by atoms with E-state index in [1.165, 1.54) is 36.4 Å². The van der Waals surface area contributed by atoms with Gasteiger partial charge in [-0.1, -0.05) is 37.2 Å². The lowest BCUT2D eigenvalue weighted by atomic mass is 9.92. The molecule has 144 valence electrons. The fourth-order valence-electron chi connectivity index (χ4n) is 3.34. The molecule has 1 aromatic heterocycles. The van der Waals surface area contributed by atoms with Crippen molar-refractivity contribution in [2.24, 2.45) is 11.8 Å². The number of hydrogen-bond donors (Lipinski definition) is 1. The van der Waals surface area contributed by atoms with Crippen LogP contribution in [-0.2, 0) is 4.79 Å². The van der Waals surface area contributed by atoms with Crippen LogP contribution in [0.25, 0.3) is 0 Å². The van der Waals surface area contributed by atoms with Crippen molar-refractivity contribution in [2.45, 2.75) is 25.3 Å². The lowest BCUT2D eigenvalue weighted by Gasteiger charge is -2.35. The van der Waals surface area contributed by atoms with Crippen LogP contribution in [0.1, 0.15) is 20.3 Å². The molecule has 2 aromatic rings. The van der Waals surface area contributed by atoms with Crippen molar-refractivity contribution >= 4 is 40.8 Å². The van der Waals surface area contributed by atoms with E-state index in [1.807, 2.05) is 6.07 Å². The SMILES string of the molecule is C[C@@H]1C[C@H](C)CN(c2cc(SCC(=O)Nc3ccc(F)c(Cl)c3)ncn2)C1. The summed E-state index contributed by atoms with van der Waals surface area (Å²) >= 11 is 7.07. The molecule has 8 heteroatoms. The Morgan fingerprint density at radius 1 is 1.30 bits per heavy atom. The van der Waals surface area contributed by atoms with Crippen molar-refractivity contribution < 1.29 is 9.18 Å².